The normalized spacial score (nSPS) is 19.6. The number of fused-ring (bicyclic) bond motifs is 1. The molecule has 4 rings (SSSR count). The monoisotopic (exact) mass is 471 g/mol. The average molecular weight is 472 g/mol. The van der Waals surface area contributed by atoms with Crippen molar-refractivity contribution in [3.8, 4) is 0 Å². The molecule has 1 amide bonds. The van der Waals surface area contributed by atoms with Crippen LogP contribution >= 0.6 is 0 Å². The first-order chi connectivity index (χ1) is 15.6. The summed E-state index contributed by atoms with van der Waals surface area (Å²) in [7, 11) is -3.71. The van der Waals surface area contributed by atoms with E-state index in [9.17, 15) is 18.0 Å². The van der Waals surface area contributed by atoms with Crippen LogP contribution in [0.1, 0.15) is 31.4 Å². The van der Waals surface area contributed by atoms with Crippen molar-refractivity contribution in [2.24, 2.45) is 11.8 Å². The van der Waals surface area contributed by atoms with Crippen molar-refractivity contribution in [3.05, 3.63) is 58.1 Å². The van der Waals surface area contributed by atoms with Gasteiger partial charge in [-0.05, 0) is 55.4 Å². The van der Waals surface area contributed by atoms with Gasteiger partial charge < -0.3 is 9.73 Å². The predicted molar refractivity (Wildman–Crippen MR) is 127 cm³/mol. The van der Waals surface area contributed by atoms with Crippen molar-refractivity contribution in [1.29, 1.82) is 0 Å². The Bertz CT molecular complexity index is 1340. The molecule has 2 heterocycles. The van der Waals surface area contributed by atoms with Crippen LogP contribution in [0.25, 0.3) is 11.1 Å². The number of aromatic nitrogens is 1. The van der Waals surface area contributed by atoms with E-state index >= 15 is 0 Å². The molecule has 0 unspecified atom stereocenters. The Kier molecular flexibility index (Phi) is 6.20. The van der Waals surface area contributed by atoms with Gasteiger partial charge in [-0.2, -0.15) is 4.31 Å². The van der Waals surface area contributed by atoms with Crippen LogP contribution in [0.2, 0.25) is 0 Å². The first kappa shape index (κ1) is 23.3. The highest BCUT2D eigenvalue weighted by molar-refractivity contribution is 7.89. The fraction of sp³-hybridized carbons (Fsp3) is 0.417. The number of nitrogens with zero attached hydrogens (tertiary/aromatic N) is 2. The van der Waals surface area contributed by atoms with E-state index in [-0.39, 0.29) is 34.8 Å². The highest BCUT2D eigenvalue weighted by Gasteiger charge is 2.32. The van der Waals surface area contributed by atoms with Crippen LogP contribution in [0.4, 0.5) is 5.69 Å². The zero-order chi connectivity index (χ0) is 23.9. The summed E-state index contributed by atoms with van der Waals surface area (Å²) in [6.45, 7) is 8.57. The van der Waals surface area contributed by atoms with Crippen LogP contribution in [0.5, 0.6) is 0 Å². The number of anilines is 1. The lowest BCUT2D eigenvalue weighted by molar-refractivity contribution is -0.116. The summed E-state index contributed by atoms with van der Waals surface area (Å²) < 4.78 is 34.4. The second-order valence-electron chi connectivity index (χ2n) is 9.17. The molecule has 2 atom stereocenters. The van der Waals surface area contributed by atoms with Gasteiger partial charge in [0.05, 0.1) is 10.4 Å². The van der Waals surface area contributed by atoms with E-state index in [1.165, 1.54) is 27.1 Å². The van der Waals surface area contributed by atoms with Gasteiger partial charge in [-0.15, -0.1) is 0 Å². The largest absolute Gasteiger partial charge is 0.420 e. The number of aryl methyl sites for hydroxylation is 2. The molecule has 0 radical (unpaired) electrons. The third-order valence-electron chi connectivity index (χ3n) is 6.16. The molecule has 0 saturated carbocycles. The smallest absolute Gasteiger partial charge is 0.408 e. The number of para-hydroxylation sites is 1. The second kappa shape index (κ2) is 8.79. The molecule has 1 aliphatic rings. The number of carbonyl (C=O) groups is 1. The van der Waals surface area contributed by atoms with Gasteiger partial charge in [-0.3, -0.25) is 9.36 Å². The molecule has 0 spiro atoms. The highest BCUT2D eigenvalue weighted by atomic mass is 32.2. The van der Waals surface area contributed by atoms with Crippen molar-refractivity contribution >= 4 is 32.7 Å². The summed E-state index contributed by atoms with van der Waals surface area (Å²) in [5.41, 5.74) is 3.06. The minimum Gasteiger partial charge on any atom is -0.408 e. The Morgan fingerprint density at radius 1 is 1.09 bits per heavy atom. The number of oxazole rings is 1. The lowest BCUT2D eigenvalue weighted by Gasteiger charge is -2.34. The Morgan fingerprint density at radius 3 is 2.36 bits per heavy atom. The van der Waals surface area contributed by atoms with E-state index < -0.39 is 15.8 Å². The maximum atomic E-state index is 13.2. The molecule has 176 valence electrons. The molecule has 2 aromatic carbocycles. The minimum atomic E-state index is -3.71. The quantitative estimate of drug-likeness (QED) is 0.614. The molecule has 1 fully saturated rings. The number of nitrogens with one attached hydrogen (secondary N) is 1. The summed E-state index contributed by atoms with van der Waals surface area (Å²) in [5, 5.41) is 2.85. The third kappa shape index (κ3) is 4.60. The molecule has 0 aliphatic carbocycles. The van der Waals surface area contributed by atoms with E-state index in [1.54, 1.807) is 0 Å². The summed E-state index contributed by atoms with van der Waals surface area (Å²) in [4.78, 5) is 25.2. The Morgan fingerprint density at radius 2 is 1.73 bits per heavy atom. The number of carbonyl (C=O) groups excluding carboxylic acids is 1. The molecule has 33 heavy (non-hydrogen) atoms. The molecular formula is C24H29N3O5S. The fourth-order valence-corrected chi connectivity index (χ4v) is 6.34. The number of piperidine rings is 1. The maximum Gasteiger partial charge on any atom is 0.420 e. The Balaban J connectivity index is 1.60. The molecule has 1 aromatic heterocycles. The first-order valence-electron chi connectivity index (χ1n) is 11.1. The van der Waals surface area contributed by atoms with Crippen LogP contribution in [0, 0.1) is 25.7 Å². The standard InChI is InChI=1S/C24H29N3O5S/c1-15-10-16(2)13-26(12-15)33(30,31)19-8-9-20-21(11-19)32-24(29)27(20)14-22(28)25-23-17(3)6-5-7-18(23)4/h5-9,11,15-16H,10,12-14H2,1-4H3,(H,25,28)/t15-,16-/m1/s1. The van der Waals surface area contributed by atoms with Crippen LogP contribution in [0.3, 0.4) is 0 Å². The van der Waals surface area contributed by atoms with Gasteiger partial charge in [0.15, 0.2) is 5.58 Å². The van der Waals surface area contributed by atoms with E-state index in [2.05, 4.69) is 5.32 Å². The van der Waals surface area contributed by atoms with Crippen molar-refractivity contribution in [2.45, 2.75) is 45.6 Å². The van der Waals surface area contributed by atoms with E-state index in [0.29, 0.717) is 24.3 Å². The van der Waals surface area contributed by atoms with Crippen LogP contribution in [-0.2, 0) is 21.4 Å². The van der Waals surface area contributed by atoms with Crippen LogP contribution in [0.15, 0.2) is 50.5 Å². The zero-order valence-electron chi connectivity index (χ0n) is 19.3. The van der Waals surface area contributed by atoms with Gasteiger partial charge in [0.25, 0.3) is 0 Å². The third-order valence-corrected chi connectivity index (χ3v) is 7.99. The zero-order valence-corrected chi connectivity index (χ0v) is 20.1. The Labute approximate surface area is 193 Å². The lowest BCUT2D eigenvalue weighted by atomic mass is 9.94. The summed E-state index contributed by atoms with van der Waals surface area (Å²) in [6, 6.07) is 10.1. The summed E-state index contributed by atoms with van der Waals surface area (Å²) in [6.07, 6.45) is 0.993. The van der Waals surface area contributed by atoms with Gasteiger partial charge in [0, 0.05) is 24.8 Å². The molecule has 8 nitrogen and oxygen atoms in total. The predicted octanol–water partition coefficient (Wildman–Crippen LogP) is 3.52. The molecule has 1 aliphatic heterocycles. The van der Waals surface area contributed by atoms with Crippen molar-refractivity contribution in [1.82, 2.24) is 8.87 Å². The van der Waals surface area contributed by atoms with Gasteiger partial charge >= 0.3 is 5.76 Å². The first-order valence-corrected chi connectivity index (χ1v) is 12.5. The average Bonchev–Trinajstić information content (AvgIpc) is 3.04. The van der Waals surface area contributed by atoms with Gasteiger partial charge in [0.1, 0.15) is 6.54 Å². The van der Waals surface area contributed by atoms with Crippen molar-refractivity contribution in [2.75, 3.05) is 18.4 Å². The molecular weight excluding hydrogens is 442 g/mol. The van der Waals surface area contributed by atoms with E-state index in [1.807, 2.05) is 45.9 Å². The molecule has 1 saturated heterocycles. The SMILES string of the molecule is Cc1cccc(C)c1NC(=O)Cn1c(=O)oc2cc(S(=O)(=O)N3C[C@H](C)C[C@@H](C)C3)ccc21. The van der Waals surface area contributed by atoms with Gasteiger partial charge in [0.2, 0.25) is 15.9 Å². The maximum absolute atomic E-state index is 13.2. The lowest BCUT2D eigenvalue weighted by Crippen LogP contribution is -2.42. The van der Waals surface area contributed by atoms with Crippen molar-refractivity contribution in [3.63, 3.8) is 0 Å². The summed E-state index contributed by atoms with van der Waals surface area (Å²) in [5.74, 6) is -0.523. The number of benzene rings is 2. The number of amides is 1. The molecule has 0 bridgehead atoms. The molecule has 3 aromatic rings. The highest BCUT2D eigenvalue weighted by Crippen LogP contribution is 2.28. The van der Waals surface area contributed by atoms with Gasteiger partial charge in [-0.1, -0.05) is 32.0 Å². The van der Waals surface area contributed by atoms with Crippen LogP contribution < -0.4 is 11.1 Å². The van der Waals surface area contributed by atoms with E-state index in [0.717, 1.165) is 17.5 Å². The second-order valence-corrected chi connectivity index (χ2v) is 11.1. The minimum absolute atomic E-state index is 0.0807. The van der Waals surface area contributed by atoms with Gasteiger partial charge in [-0.25, -0.2) is 13.2 Å². The number of hydrogen-bond donors (Lipinski definition) is 1. The fourth-order valence-electron chi connectivity index (χ4n) is 4.64. The van der Waals surface area contributed by atoms with Crippen LogP contribution in [-0.4, -0.2) is 36.3 Å². The number of sulfonamides is 1. The van der Waals surface area contributed by atoms with E-state index in [4.69, 9.17) is 4.42 Å². The molecule has 1 N–H and O–H groups in total. The Hall–Kier alpha value is -2.91. The number of hydrogen-bond acceptors (Lipinski definition) is 5. The summed E-state index contributed by atoms with van der Waals surface area (Å²) >= 11 is 0. The van der Waals surface area contributed by atoms with Crippen molar-refractivity contribution < 1.29 is 17.6 Å². The topological polar surface area (TPSA) is 102 Å². The number of rotatable bonds is 5. The molecule has 9 heteroatoms.